The second kappa shape index (κ2) is 2.36. The summed E-state index contributed by atoms with van der Waals surface area (Å²) in [6.07, 6.45) is 7.39. The largest absolute Gasteiger partial charge is 0.481 e. The summed E-state index contributed by atoms with van der Waals surface area (Å²) in [5, 5.41) is 8.89. The first-order valence-electron chi connectivity index (χ1n) is 4.18. The van der Waals surface area contributed by atoms with Gasteiger partial charge in [0.05, 0.1) is 5.92 Å². The quantitative estimate of drug-likeness (QED) is 0.580. The van der Waals surface area contributed by atoms with Crippen LogP contribution in [0.3, 0.4) is 0 Å². The Kier molecular flexibility index (Phi) is 1.48. The summed E-state index contributed by atoms with van der Waals surface area (Å²) >= 11 is 0. The van der Waals surface area contributed by atoms with Crippen molar-refractivity contribution in [2.75, 3.05) is 0 Å². The second-order valence-corrected chi connectivity index (χ2v) is 3.53. The molecule has 11 heavy (non-hydrogen) atoms. The van der Waals surface area contributed by atoms with Gasteiger partial charge in [-0.1, -0.05) is 12.2 Å². The van der Waals surface area contributed by atoms with Crippen LogP contribution in [0.15, 0.2) is 12.2 Å². The number of carbonyl (C=O) groups is 1. The minimum absolute atomic E-state index is 0.0694. The highest BCUT2D eigenvalue weighted by Crippen LogP contribution is 2.43. The number of hydrogen-bond acceptors (Lipinski definition) is 1. The summed E-state index contributed by atoms with van der Waals surface area (Å²) in [6.45, 7) is 0. The number of fused-ring (bicyclic) bond motifs is 2. The minimum atomic E-state index is -0.596. The van der Waals surface area contributed by atoms with Gasteiger partial charge in [0, 0.05) is 0 Å². The molecule has 0 aromatic heterocycles. The van der Waals surface area contributed by atoms with Crippen LogP contribution in [0, 0.1) is 17.8 Å². The first-order valence-corrected chi connectivity index (χ1v) is 4.18. The highest BCUT2D eigenvalue weighted by atomic mass is 16.4. The Labute approximate surface area is 65.9 Å². The topological polar surface area (TPSA) is 37.3 Å². The fourth-order valence-electron chi connectivity index (χ4n) is 2.41. The van der Waals surface area contributed by atoms with Gasteiger partial charge in [-0.25, -0.2) is 0 Å². The second-order valence-electron chi connectivity index (χ2n) is 3.53. The zero-order valence-electron chi connectivity index (χ0n) is 6.36. The number of carboxylic acid groups (broad SMARTS) is 1. The number of rotatable bonds is 1. The molecular formula is C9H12O2. The Morgan fingerprint density at radius 1 is 1.45 bits per heavy atom. The van der Waals surface area contributed by atoms with Crippen molar-refractivity contribution in [2.45, 2.75) is 19.3 Å². The Morgan fingerprint density at radius 2 is 2.27 bits per heavy atom. The molecule has 2 aliphatic carbocycles. The van der Waals surface area contributed by atoms with E-state index < -0.39 is 5.97 Å². The van der Waals surface area contributed by atoms with Gasteiger partial charge in [0.25, 0.3) is 0 Å². The molecule has 2 heteroatoms. The maximum Gasteiger partial charge on any atom is 0.307 e. The third-order valence-electron chi connectivity index (χ3n) is 2.95. The summed E-state index contributed by atoms with van der Waals surface area (Å²) in [7, 11) is 0. The van der Waals surface area contributed by atoms with Gasteiger partial charge < -0.3 is 5.11 Å². The lowest BCUT2D eigenvalue weighted by molar-refractivity contribution is -0.144. The average Bonchev–Trinajstić information content (AvgIpc) is 2.23. The van der Waals surface area contributed by atoms with Gasteiger partial charge in [-0.05, 0) is 31.1 Å². The molecule has 0 heterocycles. The van der Waals surface area contributed by atoms with E-state index in [-0.39, 0.29) is 5.92 Å². The van der Waals surface area contributed by atoms with Gasteiger partial charge in [-0.2, -0.15) is 0 Å². The number of hydrogen-bond donors (Lipinski definition) is 1. The molecule has 0 spiro atoms. The first-order chi connectivity index (χ1) is 5.29. The number of carboxylic acids is 1. The minimum Gasteiger partial charge on any atom is -0.481 e. The molecule has 2 bridgehead atoms. The first kappa shape index (κ1) is 6.89. The van der Waals surface area contributed by atoms with E-state index in [4.69, 9.17) is 5.11 Å². The molecule has 1 fully saturated rings. The molecule has 60 valence electrons. The molecule has 1 N–H and O–H groups in total. The highest BCUT2D eigenvalue weighted by Gasteiger charge is 2.40. The smallest absolute Gasteiger partial charge is 0.307 e. The van der Waals surface area contributed by atoms with Gasteiger partial charge >= 0.3 is 5.97 Å². The van der Waals surface area contributed by atoms with Crippen molar-refractivity contribution in [1.82, 2.24) is 0 Å². The molecule has 2 aliphatic rings. The van der Waals surface area contributed by atoms with Crippen LogP contribution in [0.2, 0.25) is 0 Å². The highest BCUT2D eigenvalue weighted by molar-refractivity contribution is 5.71. The molecule has 0 radical (unpaired) electrons. The third-order valence-corrected chi connectivity index (χ3v) is 2.95. The van der Waals surface area contributed by atoms with Crippen LogP contribution in [0.25, 0.3) is 0 Å². The zero-order chi connectivity index (χ0) is 7.84. The predicted molar refractivity (Wildman–Crippen MR) is 41.1 cm³/mol. The summed E-state index contributed by atoms with van der Waals surface area (Å²) in [5.41, 5.74) is 0. The van der Waals surface area contributed by atoms with Gasteiger partial charge in [0.1, 0.15) is 0 Å². The summed E-state index contributed by atoms with van der Waals surface area (Å²) in [5.74, 6) is 0.107. The van der Waals surface area contributed by atoms with Crippen molar-refractivity contribution < 1.29 is 9.90 Å². The molecule has 0 saturated heterocycles. The van der Waals surface area contributed by atoms with Crippen molar-refractivity contribution in [3.05, 3.63) is 12.2 Å². The normalized spacial score (nSPS) is 40.9. The van der Waals surface area contributed by atoms with E-state index >= 15 is 0 Å². The van der Waals surface area contributed by atoms with E-state index in [1.54, 1.807) is 0 Å². The number of aliphatic carboxylic acids is 1. The van der Waals surface area contributed by atoms with Crippen LogP contribution in [0.5, 0.6) is 0 Å². The van der Waals surface area contributed by atoms with Gasteiger partial charge in [-0.15, -0.1) is 0 Å². The summed E-state index contributed by atoms with van der Waals surface area (Å²) < 4.78 is 0. The maximum absolute atomic E-state index is 10.8. The van der Waals surface area contributed by atoms with Crippen molar-refractivity contribution in [2.24, 2.45) is 17.8 Å². The fourth-order valence-corrected chi connectivity index (χ4v) is 2.41. The van der Waals surface area contributed by atoms with E-state index in [0.717, 1.165) is 19.3 Å². The molecule has 0 aromatic rings. The Bertz CT molecular complexity index is 208. The monoisotopic (exact) mass is 152 g/mol. The molecule has 0 aliphatic heterocycles. The van der Waals surface area contributed by atoms with Gasteiger partial charge in [-0.3, -0.25) is 4.79 Å². The lowest BCUT2D eigenvalue weighted by Crippen LogP contribution is -2.25. The zero-order valence-corrected chi connectivity index (χ0v) is 6.36. The molecule has 2 rings (SSSR count). The Morgan fingerprint density at radius 3 is 2.82 bits per heavy atom. The van der Waals surface area contributed by atoms with Gasteiger partial charge in [0.2, 0.25) is 0 Å². The molecule has 3 unspecified atom stereocenters. The average molecular weight is 152 g/mol. The van der Waals surface area contributed by atoms with Crippen molar-refractivity contribution >= 4 is 5.97 Å². The van der Waals surface area contributed by atoms with Crippen LogP contribution >= 0.6 is 0 Å². The molecule has 0 amide bonds. The molecular weight excluding hydrogens is 140 g/mol. The molecule has 1 saturated carbocycles. The number of allylic oxidation sites excluding steroid dienone is 2. The van der Waals surface area contributed by atoms with E-state index in [2.05, 4.69) is 12.2 Å². The third kappa shape index (κ3) is 0.971. The van der Waals surface area contributed by atoms with E-state index in [1.165, 1.54) is 0 Å². The summed E-state index contributed by atoms with van der Waals surface area (Å²) in [4.78, 5) is 10.8. The van der Waals surface area contributed by atoms with Crippen LogP contribution in [-0.4, -0.2) is 11.1 Å². The Balaban J connectivity index is 2.23. The predicted octanol–water partition coefficient (Wildman–Crippen LogP) is 1.67. The van der Waals surface area contributed by atoms with Crippen molar-refractivity contribution in [1.29, 1.82) is 0 Å². The lowest BCUT2D eigenvalue weighted by atomic mass is 9.83. The van der Waals surface area contributed by atoms with Crippen LogP contribution < -0.4 is 0 Å². The molecule has 3 atom stereocenters. The van der Waals surface area contributed by atoms with Crippen LogP contribution in [0.4, 0.5) is 0 Å². The van der Waals surface area contributed by atoms with Gasteiger partial charge in [0.15, 0.2) is 0 Å². The lowest BCUT2D eigenvalue weighted by Gasteiger charge is -2.21. The van der Waals surface area contributed by atoms with Crippen molar-refractivity contribution in [3.63, 3.8) is 0 Å². The van der Waals surface area contributed by atoms with Crippen LogP contribution in [0.1, 0.15) is 19.3 Å². The van der Waals surface area contributed by atoms with E-state index in [0.29, 0.717) is 11.8 Å². The van der Waals surface area contributed by atoms with E-state index in [9.17, 15) is 4.79 Å². The summed E-state index contributed by atoms with van der Waals surface area (Å²) in [6, 6.07) is 0. The standard InChI is InChI=1S/C9H12O2/c10-9(11)8-6-2-1-3-7(8)5-4-6/h1-2,6-8H,3-5H2,(H,10,11). The molecule has 0 aromatic carbocycles. The Hall–Kier alpha value is -0.790. The van der Waals surface area contributed by atoms with Crippen molar-refractivity contribution in [3.8, 4) is 0 Å². The van der Waals surface area contributed by atoms with Crippen LogP contribution in [-0.2, 0) is 4.79 Å². The maximum atomic E-state index is 10.8. The fraction of sp³-hybridized carbons (Fsp3) is 0.667. The molecule has 2 nitrogen and oxygen atoms in total. The van der Waals surface area contributed by atoms with E-state index in [1.807, 2.05) is 0 Å². The SMILES string of the molecule is O=C(O)C1C2C=CCC1CC2.